The molecule has 220 valence electrons. The summed E-state index contributed by atoms with van der Waals surface area (Å²) in [4.78, 5) is 15.3. The second kappa shape index (κ2) is 14.0. The summed E-state index contributed by atoms with van der Waals surface area (Å²) in [5.41, 5.74) is 4.03. The van der Waals surface area contributed by atoms with Gasteiger partial charge in [-0.1, -0.05) is 72.8 Å². The second-order valence-electron chi connectivity index (χ2n) is 9.84. The van der Waals surface area contributed by atoms with Gasteiger partial charge in [-0.25, -0.2) is 0 Å². The van der Waals surface area contributed by atoms with Crippen LogP contribution in [0.4, 0.5) is 13.2 Å². The number of methoxy groups -OCH3 is 1. The highest BCUT2D eigenvalue weighted by molar-refractivity contribution is 5.72. The smallest absolute Gasteiger partial charge is 0.497 e. The Morgan fingerprint density at radius 1 is 0.810 bits per heavy atom. The van der Waals surface area contributed by atoms with Crippen LogP contribution in [0.3, 0.4) is 0 Å². The van der Waals surface area contributed by atoms with E-state index in [0.717, 1.165) is 16.7 Å². The average molecular weight is 578 g/mol. The number of carbonyl (C=O) groups excluding carboxylic acids is 1. The number of carbonyl (C=O) groups is 1. The molecule has 0 aromatic heterocycles. The van der Waals surface area contributed by atoms with Crippen LogP contribution < -0.4 is 9.47 Å². The number of halogens is 3. The van der Waals surface area contributed by atoms with Crippen molar-refractivity contribution in [3.8, 4) is 22.6 Å². The lowest BCUT2D eigenvalue weighted by Crippen LogP contribution is -2.33. The van der Waals surface area contributed by atoms with E-state index in [2.05, 4.69) is 16.6 Å². The normalized spacial score (nSPS) is 12.9. The quantitative estimate of drug-likeness (QED) is 0.158. The molecule has 0 saturated heterocycles. The summed E-state index contributed by atoms with van der Waals surface area (Å²) in [6, 6.07) is 30.7. The summed E-state index contributed by atoms with van der Waals surface area (Å²) in [6.07, 6.45) is -4.75. The molecule has 0 N–H and O–H groups in total. The van der Waals surface area contributed by atoms with E-state index >= 15 is 0 Å². The van der Waals surface area contributed by atoms with Gasteiger partial charge >= 0.3 is 12.3 Å². The lowest BCUT2D eigenvalue weighted by atomic mass is 9.93. The SMILES string of the molecule is CCOC(=O)C[C@@H](c1cc(OC)cc(-c2cccc(OC(F)(F)F)c2)c1)N(Cc1ccccc1)[C@H](C)c1ccccc1. The Hall–Kier alpha value is -4.30. The molecule has 0 spiro atoms. The topological polar surface area (TPSA) is 48.0 Å². The van der Waals surface area contributed by atoms with E-state index in [1.807, 2.05) is 72.8 Å². The molecule has 4 aromatic rings. The van der Waals surface area contributed by atoms with Crippen LogP contribution in [-0.4, -0.2) is 30.9 Å². The molecule has 0 bridgehead atoms. The fraction of sp³-hybridized carbons (Fsp3) is 0.265. The molecular formula is C34H34F3NO4. The van der Waals surface area contributed by atoms with Gasteiger partial charge in [0, 0.05) is 18.6 Å². The summed E-state index contributed by atoms with van der Waals surface area (Å²) in [6.45, 7) is 4.63. The van der Waals surface area contributed by atoms with Crippen molar-refractivity contribution < 1.29 is 32.2 Å². The van der Waals surface area contributed by atoms with Crippen molar-refractivity contribution in [3.05, 3.63) is 120 Å². The predicted octanol–water partition coefficient (Wildman–Crippen LogP) is 8.52. The van der Waals surface area contributed by atoms with Crippen LogP contribution in [0, 0.1) is 0 Å². The Labute approximate surface area is 244 Å². The molecule has 42 heavy (non-hydrogen) atoms. The molecule has 0 aliphatic carbocycles. The Bertz CT molecular complexity index is 1440. The fourth-order valence-electron chi connectivity index (χ4n) is 5.01. The number of alkyl halides is 3. The highest BCUT2D eigenvalue weighted by Crippen LogP contribution is 2.39. The number of hydrogen-bond donors (Lipinski definition) is 0. The molecule has 2 atom stereocenters. The molecule has 0 heterocycles. The highest BCUT2D eigenvalue weighted by atomic mass is 19.4. The molecule has 0 saturated carbocycles. The van der Waals surface area contributed by atoms with Gasteiger partial charge < -0.3 is 14.2 Å². The number of ether oxygens (including phenoxy) is 3. The van der Waals surface area contributed by atoms with E-state index in [9.17, 15) is 18.0 Å². The molecule has 0 aliphatic heterocycles. The molecular weight excluding hydrogens is 543 g/mol. The Morgan fingerprint density at radius 3 is 2.12 bits per heavy atom. The van der Waals surface area contributed by atoms with Crippen LogP contribution >= 0.6 is 0 Å². The van der Waals surface area contributed by atoms with Crippen molar-refractivity contribution in [2.45, 2.75) is 45.3 Å². The summed E-state index contributed by atoms with van der Waals surface area (Å²) < 4.78 is 54.0. The minimum absolute atomic E-state index is 0.0572. The van der Waals surface area contributed by atoms with Gasteiger partial charge in [-0.3, -0.25) is 9.69 Å². The number of nitrogens with zero attached hydrogens (tertiary/aromatic N) is 1. The predicted molar refractivity (Wildman–Crippen MR) is 156 cm³/mol. The first kappa shape index (κ1) is 30.7. The van der Waals surface area contributed by atoms with Gasteiger partial charge in [0.2, 0.25) is 0 Å². The molecule has 0 aliphatic rings. The van der Waals surface area contributed by atoms with E-state index in [4.69, 9.17) is 9.47 Å². The van der Waals surface area contributed by atoms with Gasteiger partial charge in [-0.2, -0.15) is 0 Å². The van der Waals surface area contributed by atoms with E-state index in [1.54, 1.807) is 19.1 Å². The molecule has 0 fully saturated rings. The van der Waals surface area contributed by atoms with Crippen molar-refractivity contribution in [3.63, 3.8) is 0 Å². The van der Waals surface area contributed by atoms with Crippen molar-refractivity contribution in [1.82, 2.24) is 4.90 Å². The van der Waals surface area contributed by atoms with Gasteiger partial charge in [0.25, 0.3) is 0 Å². The third-order valence-corrected chi connectivity index (χ3v) is 7.00. The summed E-state index contributed by atoms with van der Waals surface area (Å²) in [7, 11) is 1.53. The number of hydrogen-bond acceptors (Lipinski definition) is 5. The highest BCUT2D eigenvalue weighted by Gasteiger charge is 2.32. The van der Waals surface area contributed by atoms with Crippen molar-refractivity contribution in [2.75, 3.05) is 13.7 Å². The zero-order valence-electron chi connectivity index (χ0n) is 23.8. The molecule has 0 amide bonds. The summed E-state index contributed by atoms with van der Waals surface area (Å²) in [5.74, 6) is -0.174. The van der Waals surface area contributed by atoms with Gasteiger partial charge in [0.15, 0.2) is 0 Å². The van der Waals surface area contributed by atoms with E-state index in [-0.39, 0.29) is 30.8 Å². The van der Waals surface area contributed by atoms with Crippen LogP contribution in [0.25, 0.3) is 11.1 Å². The number of benzene rings is 4. The first-order chi connectivity index (χ1) is 20.2. The third kappa shape index (κ3) is 8.36. The Balaban J connectivity index is 1.84. The molecule has 4 rings (SSSR count). The lowest BCUT2D eigenvalue weighted by Gasteiger charge is -2.37. The van der Waals surface area contributed by atoms with Crippen LogP contribution in [0.5, 0.6) is 11.5 Å². The van der Waals surface area contributed by atoms with E-state index in [1.165, 1.54) is 25.3 Å². The molecule has 5 nitrogen and oxygen atoms in total. The zero-order valence-corrected chi connectivity index (χ0v) is 23.8. The van der Waals surface area contributed by atoms with Crippen LogP contribution in [0.15, 0.2) is 103 Å². The Kier molecular flexibility index (Phi) is 10.3. The Morgan fingerprint density at radius 2 is 1.48 bits per heavy atom. The first-order valence-electron chi connectivity index (χ1n) is 13.7. The van der Waals surface area contributed by atoms with Gasteiger partial charge in [0.05, 0.1) is 20.1 Å². The van der Waals surface area contributed by atoms with Crippen molar-refractivity contribution in [2.24, 2.45) is 0 Å². The molecule has 0 radical (unpaired) electrons. The van der Waals surface area contributed by atoms with Crippen LogP contribution in [0.2, 0.25) is 0 Å². The van der Waals surface area contributed by atoms with Crippen LogP contribution in [-0.2, 0) is 16.1 Å². The first-order valence-corrected chi connectivity index (χ1v) is 13.7. The minimum atomic E-state index is -4.81. The standard InChI is InChI=1S/C34H34F3NO4/c1-4-41-33(39)22-32(38(23-25-12-7-5-8-13-25)24(2)26-14-9-6-10-15-26)29-18-28(20-31(21-29)40-3)27-16-11-17-30(19-27)42-34(35,36)37/h5-21,24,32H,4,22-23H2,1-3H3/t24-,32+/m1/s1. The number of esters is 1. The summed E-state index contributed by atoms with van der Waals surface area (Å²) in [5, 5.41) is 0. The maximum absolute atomic E-state index is 13.0. The van der Waals surface area contributed by atoms with Crippen LogP contribution in [0.1, 0.15) is 49.0 Å². The molecule has 0 unspecified atom stereocenters. The number of rotatable bonds is 12. The lowest BCUT2D eigenvalue weighted by molar-refractivity contribution is -0.274. The van der Waals surface area contributed by atoms with Crippen molar-refractivity contribution >= 4 is 5.97 Å². The fourth-order valence-corrected chi connectivity index (χ4v) is 5.01. The summed E-state index contributed by atoms with van der Waals surface area (Å²) >= 11 is 0. The molecule has 4 aromatic carbocycles. The van der Waals surface area contributed by atoms with Crippen molar-refractivity contribution in [1.29, 1.82) is 0 Å². The second-order valence-corrected chi connectivity index (χ2v) is 9.84. The zero-order chi connectivity index (χ0) is 30.1. The van der Waals surface area contributed by atoms with E-state index in [0.29, 0.717) is 23.4 Å². The largest absolute Gasteiger partial charge is 0.573 e. The van der Waals surface area contributed by atoms with Gasteiger partial charge in [-0.15, -0.1) is 13.2 Å². The molecule has 8 heteroatoms. The maximum Gasteiger partial charge on any atom is 0.573 e. The monoisotopic (exact) mass is 577 g/mol. The van der Waals surface area contributed by atoms with E-state index < -0.39 is 12.4 Å². The maximum atomic E-state index is 13.0. The van der Waals surface area contributed by atoms with Gasteiger partial charge in [0.1, 0.15) is 11.5 Å². The van der Waals surface area contributed by atoms with Gasteiger partial charge in [-0.05, 0) is 72.0 Å². The minimum Gasteiger partial charge on any atom is -0.497 e. The average Bonchev–Trinajstić information content (AvgIpc) is 2.98. The third-order valence-electron chi connectivity index (χ3n) is 7.00.